The molecule has 2 rings (SSSR count). The fraction of sp³-hybridized carbons (Fsp3) is 0.455. The number of nitro groups is 1. The SMILES string of the molecule is O=C(O)CN1CCN(c2ncc([N+](=O)[O-])cc2Br)CC1. The smallest absolute Gasteiger partial charge is 0.317 e. The number of carboxylic acids is 1. The molecule has 108 valence electrons. The van der Waals surface area contributed by atoms with Gasteiger partial charge >= 0.3 is 5.97 Å². The molecule has 0 unspecified atom stereocenters. The van der Waals surface area contributed by atoms with Crippen LogP contribution in [0.4, 0.5) is 11.5 Å². The zero-order valence-corrected chi connectivity index (χ0v) is 12.1. The number of aliphatic carboxylic acids is 1. The van der Waals surface area contributed by atoms with Gasteiger partial charge in [0.15, 0.2) is 0 Å². The third-order valence-electron chi connectivity index (χ3n) is 3.05. The van der Waals surface area contributed by atoms with Gasteiger partial charge in [-0.1, -0.05) is 0 Å². The quantitative estimate of drug-likeness (QED) is 0.641. The lowest BCUT2D eigenvalue weighted by Crippen LogP contribution is -2.48. The van der Waals surface area contributed by atoms with Crippen LogP contribution in [0.1, 0.15) is 0 Å². The zero-order valence-electron chi connectivity index (χ0n) is 10.5. The Morgan fingerprint density at radius 1 is 1.45 bits per heavy atom. The molecular formula is C11H13BrN4O4. The Morgan fingerprint density at radius 3 is 2.60 bits per heavy atom. The molecule has 8 nitrogen and oxygen atoms in total. The van der Waals surface area contributed by atoms with Crippen LogP contribution in [0.2, 0.25) is 0 Å². The first kappa shape index (κ1) is 14.7. The van der Waals surface area contributed by atoms with E-state index in [9.17, 15) is 14.9 Å². The normalized spacial score (nSPS) is 16.1. The largest absolute Gasteiger partial charge is 0.480 e. The molecular weight excluding hydrogens is 332 g/mol. The zero-order chi connectivity index (χ0) is 14.7. The van der Waals surface area contributed by atoms with Crippen molar-refractivity contribution in [2.45, 2.75) is 0 Å². The lowest BCUT2D eigenvalue weighted by Gasteiger charge is -2.34. The van der Waals surface area contributed by atoms with E-state index in [2.05, 4.69) is 20.9 Å². The molecule has 0 amide bonds. The van der Waals surface area contributed by atoms with Gasteiger partial charge in [-0.25, -0.2) is 4.98 Å². The third kappa shape index (κ3) is 3.42. The van der Waals surface area contributed by atoms with Crippen molar-refractivity contribution in [1.29, 1.82) is 0 Å². The number of aromatic nitrogens is 1. The van der Waals surface area contributed by atoms with E-state index in [4.69, 9.17) is 5.11 Å². The maximum Gasteiger partial charge on any atom is 0.317 e. The molecule has 1 aromatic rings. The van der Waals surface area contributed by atoms with Gasteiger partial charge in [0.2, 0.25) is 0 Å². The minimum Gasteiger partial charge on any atom is -0.480 e. The Kier molecular flexibility index (Phi) is 4.50. The first-order valence-corrected chi connectivity index (χ1v) is 6.75. The first-order valence-electron chi connectivity index (χ1n) is 5.96. The van der Waals surface area contributed by atoms with Crippen LogP contribution < -0.4 is 4.90 Å². The molecule has 0 spiro atoms. The van der Waals surface area contributed by atoms with Gasteiger partial charge in [-0.2, -0.15) is 0 Å². The maximum atomic E-state index is 10.7. The second-order valence-electron chi connectivity index (χ2n) is 4.41. The van der Waals surface area contributed by atoms with Gasteiger partial charge in [0, 0.05) is 32.2 Å². The van der Waals surface area contributed by atoms with E-state index in [1.165, 1.54) is 12.3 Å². The molecule has 20 heavy (non-hydrogen) atoms. The number of carbonyl (C=O) groups is 1. The van der Waals surface area contributed by atoms with Crippen molar-refractivity contribution in [2.24, 2.45) is 0 Å². The van der Waals surface area contributed by atoms with E-state index in [0.29, 0.717) is 36.5 Å². The fourth-order valence-corrected chi connectivity index (χ4v) is 2.65. The highest BCUT2D eigenvalue weighted by Crippen LogP contribution is 2.28. The number of pyridine rings is 1. The standard InChI is InChI=1S/C11H13BrN4O4/c12-9-5-8(16(19)20)6-13-11(9)15-3-1-14(2-4-15)7-10(17)18/h5-6H,1-4,7H2,(H,17,18). The summed E-state index contributed by atoms with van der Waals surface area (Å²) in [6.07, 6.45) is 1.23. The summed E-state index contributed by atoms with van der Waals surface area (Å²) >= 11 is 3.29. The van der Waals surface area contributed by atoms with Gasteiger partial charge in [0.1, 0.15) is 12.0 Å². The van der Waals surface area contributed by atoms with E-state index in [1.54, 1.807) is 0 Å². The Morgan fingerprint density at radius 2 is 2.10 bits per heavy atom. The van der Waals surface area contributed by atoms with Gasteiger partial charge in [-0.3, -0.25) is 19.8 Å². The summed E-state index contributed by atoms with van der Waals surface area (Å²) in [5.41, 5.74) is -0.0647. The van der Waals surface area contributed by atoms with Crippen LogP contribution >= 0.6 is 15.9 Å². The monoisotopic (exact) mass is 344 g/mol. The fourth-order valence-electron chi connectivity index (χ4n) is 2.06. The van der Waals surface area contributed by atoms with Crippen molar-refractivity contribution >= 4 is 33.4 Å². The summed E-state index contributed by atoms with van der Waals surface area (Å²) in [5.74, 6) is -0.196. The number of rotatable bonds is 4. The van der Waals surface area contributed by atoms with E-state index in [0.717, 1.165) is 0 Å². The highest BCUT2D eigenvalue weighted by atomic mass is 79.9. The molecule has 1 fully saturated rings. The number of hydrogen-bond acceptors (Lipinski definition) is 6. The second kappa shape index (κ2) is 6.14. The molecule has 0 saturated carbocycles. The number of piperazine rings is 1. The second-order valence-corrected chi connectivity index (χ2v) is 5.27. The Balaban J connectivity index is 2.03. The van der Waals surface area contributed by atoms with Gasteiger partial charge in [-0.05, 0) is 15.9 Å². The van der Waals surface area contributed by atoms with Gasteiger partial charge in [0.25, 0.3) is 5.69 Å². The number of anilines is 1. The van der Waals surface area contributed by atoms with Crippen LogP contribution in [-0.4, -0.2) is 58.6 Å². The van der Waals surface area contributed by atoms with Crippen LogP contribution in [0.25, 0.3) is 0 Å². The molecule has 0 aliphatic carbocycles. The molecule has 0 atom stereocenters. The van der Waals surface area contributed by atoms with Crippen molar-refractivity contribution < 1.29 is 14.8 Å². The summed E-state index contributed by atoms with van der Waals surface area (Å²) < 4.78 is 0.568. The number of halogens is 1. The van der Waals surface area contributed by atoms with Crippen LogP contribution in [-0.2, 0) is 4.79 Å². The lowest BCUT2D eigenvalue weighted by molar-refractivity contribution is -0.385. The van der Waals surface area contributed by atoms with Gasteiger partial charge in [0.05, 0.1) is 15.9 Å². The predicted octanol–water partition coefficient (Wildman–Crippen LogP) is 0.959. The van der Waals surface area contributed by atoms with Crippen molar-refractivity contribution in [3.05, 3.63) is 26.9 Å². The average Bonchev–Trinajstić information content (AvgIpc) is 2.39. The molecule has 1 aromatic heterocycles. The summed E-state index contributed by atoms with van der Waals surface area (Å²) in [6.45, 7) is 2.55. The minimum atomic E-state index is -0.840. The van der Waals surface area contributed by atoms with Crippen molar-refractivity contribution in [2.75, 3.05) is 37.6 Å². The minimum absolute atomic E-state index is 0.0305. The molecule has 1 saturated heterocycles. The lowest BCUT2D eigenvalue weighted by atomic mass is 10.3. The Hall–Kier alpha value is -1.74. The summed E-state index contributed by atoms with van der Waals surface area (Å²) in [7, 11) is 0. The predicted molar refractivity (Wildman–Crippen MR) is 74.9 cm³/mol. The van der Waals surface area contributed by atoms with Crippen LogP contribution in [0.3, 0.4) is 0 Å². The summed E-state index contributed by atoms with van der Waals surface area (Å²) in [4.78, 5) is 28.7. The molecule has 9 heteroatoms. The number of hydrogen-bond donors (Lipinski definition) is 1. The summed E-state index contributed by atoms with van der Waals surface area (Å²) in [6, 6.07) is 1.42. The highest BCUT2D eigenvalue weighted by Gasteiger charge is 2.22. The molecule has 0 bridgehead atoms. The van der Waals surface area contributed by atoms with E-state index in [-0.39, 0.29) is 12.2 Å². The Bertz CT molecular complexity index is 531. The molecule has 2 heterocycles. The molecule has 0 aromatic carbocycles. The molecule has 1 aliphatic heterocycles. The first-order chi connectivity index (χ1) is 9.47. The van der Waals surface area contributed by atoms with E-state index >= 15 is 0 Å². The van der Waals surface area contributed by atoms with Crippen molar-refractivity contribution in [3.63, 3.8) is 0 Å². The van der Waals surface area contributed by atoms with E-state index < -0.39 is 10.9 Å². The third-order valence-corrected chi connectivity index (χ3v) is 3.63. The van der Waals surface area contributed by atoms with Crippen molar-refractivity contribution in [1.82, 2.24) is 9.88 Å². The molecule has 1 aliphatic rings. The maximum absolute atomic E-state index is 10.7. The number of nitrogens with zero attached hydrogens (tertiary/aromatic N) is 4. The Labute approximate surface area is 123 Å². The number of carboxylic acid groups (broad SMARTS) is 1. The summed E-state index contributed by atoms with van der Waals surface area (Å²) in [5, 5.41) is 19.4. The van der Waals surface area contributed by atoms with Crippen LogP contribution in [0.15, 0.2) is 16.7 Å². The van der Waals surface area contributed by atoms with Gasteiger partial charge in [-0.15, -0.1) is 0 Å². The van der Waals surface area contributed by atoms with Crippen molar-refractivity contribution in [3.8, 4) is 0 Å². The topological polar surface area (TPSA) is 99.8 Å². The molecule has 1 N–H and O–H groups in total. The van der Waals surface area contributed by atoms with Crippen LogP contribution in [0.5, 0.6) is 0 Å². The molecule has 0 radical (unpaired) electrons. The van der Waals surface area contributed by atoms with E-state index in [1.807, 2.05) is 9.80 Å². The average molecular weight is 345 g/mol. The van der Waals surface area contributed by atoms with Crippen LogP contribution in [0, 0.1) is 10.1 Å². The highest BCUT2D eigenvalue weighted by molar-refractivity contribution is 9.10. The van der Waals surface area contributed by atoms with Gasteiger partial charge < -0.3 is 10.0 Å².